The lowest BCUT2D eigenvalue weighted by Crippen LogP contribution is -2.32. The third kappa shape index (κ3) is 4.35. The van der Waals surface area contributed by atoms with Gasteiger partial charge in [-0.3, -0.25) is 14.4 Å². The molecule has 2 heterocycles. The molecule has 0 aliphatic heterocycles. The van der Waals surface area contributed by atoms with E-state index in [1.54, 1.807) is 6.92 Å². The van der Waals surface area contributed by atoms with Gasteiger partial charge in [0.05, 0.1) is 22.8 Å². The minimum absolute atomic E-state index is 0.105. The van der Waals surface area contributed by atoms with Crippen LogP contribution in [0, 0.1) is 13.8 Å². The Kier molecular flexibility index (Phi) is 6.00. The van der Waals surface area contributed by atoms with E-state index in [1.165, 1.54) is 23.1 Å². The highest BCUT2D eigenvalue weighted by Crippen LogP contribution is 2.26. The number of carboxylic acids is 1. The molecule has 130 valence electrons. The molecule has 7 nitrogen and oxygen atoms in total. The fourth-order valence-corrected chi connectivity index (χ4v) is 3.91. The molecule has 9 heteroatoms. The third-order valence-corrected chi connectivity index (χ3v) is 5.82. The number of aromatic amines is 1. The number of nitrogens with zero attached hydrogens (tertiary/aromatic N) is 1. The van der Waals surface area contributed by atoms with Crippen LogP contribution < -0.4 is 10.9 Å². The van der Waals surface area contributed by atoms with Crippen LogP contribution in [0.2, 0.25) is 0 Å². The number of aliphatic carboxylic acids is 1. The van der Waals surface area contributed by atoms with Gasteiger partial charge in [-0.15, -0.1) is 23.1 Å². The number of amides is 1. The Balaban J connectivity index is 1.99. The second kappa shape index (κ2) is 7.80. The molecule has 2 aromatic rings. The van der Waals surface area contributed by atoms with Crippen LogP contribution in [0.5, 0.6) is 0 Å². The molecule has 2 rings (SSSR count). The predicted octanol–water partition coefficient (Wildman–Crippen LogP) is 1.81. The second-order valence-electron chi connectivity index (χ2n) is 5.36. The molecule has 0 saturated carbocycles. The van der Waals surface area contributed by atoms with Crippen molar-refractivity contribution in [1.82, 2.24) is 15.3 Å². The highest BCUT2D eigenvalue weighted by Gasteiger charge is 2.16. The van der Waals surface area contributed by atoms with Gasteiger partial charge in [0.25, 0.3) is 5.56 Å². The van der Waals surface area contributed by atoms with Crippen molar-refractivity contribution in [3.63, 3.8) is 0 Å². The van der Waals surface area contributed by atoms with Gasteiger partial charge in [0, 0.05) is 11.4 Å². The van der Waals surface area contributed by atoms with Crippen molar-refractivity contribution in [2.75, 3.05) is 6.54 Å². The van der Waals surface area contributed by atoms with Crippen molar-refractivity contribution in [3.05, 3.63) is 26.6 Å². The molecule has 0 aliphatic rings. The van der Waals surface area contributed by atoms with Crippen molar-refractivity contribution in [2.45, 2.75) is 38.2 Å². The number of carbonyl (C=O) groups is 2. The maximum Gasteiger partial charge on any atom is 0.305 e. The highest BCUT2D eigenvalue weighted by molar-refractivity contribution is 7.99. The minimum Gasteiger partial charge on any atom is -0.481 e. The average molecular weight is 369 g/mol. The fourth-order valence-electron chi connectivity index (χ4n) is 2.08. The normalized spacial score (nSPS) is 12.3. The summed E-state index contributed by atoms with van der Waals surface area (Å²) in [7, 11) is 0. The van der Waals surface area contributed by atoms with Gasteiger partial charge < -0.3 is 15.4 Å². The Bertz CT molecular complexity index is 828. The van der Waals surface area contributed by atoms with Crippen molar-refractivity contribution < 1.29 is 14.7 Å². The molecule has 2 aromatic heterocycles. The van der Waals surface area contributed by atoms with Crippen molar-refractivity contribution in [2.24, 2.45) is 0 Å². The lowest BCUT2D eigenvalue weighted by molar-refractivity contribution is -0.136. The lowest BCUT2D eigenvalue weighted by atomic mass is 10.2. The smallest absolute Gasteiger partial charge is 0.305 e. The Labute approximate surface area is 146 Å². The van der Waals surface area contributed by atoms with E-state index >= 15 is 0 Å². The first kappa shape index (κ1) is 18.5. The molecule has 1 unspecified atom stereocenters. The third-order valence-electron chi connectivity index (χ3n) is 3.57. The van der Waals surface area contributed by atoms with Crippen LogP contribution in [0.15, 0.2) is 4.79 Å². The molecule has 0 radical (unpaired) electrons. The molecule has 0 saturated heterocycles. The summed E-state index contributed by atoms with van der Waals surface area (Å²) in [5, 5.41) is 11.4. The van der Waals surface area contributed by atoms with Gasteiger partial charge >= 0.3 is 5.97 Å². The van der Waals surface area contributed by atoms with Crippen molar-refractivity contribution in [1.29, 1.82) is 0 Å². The Morgan fingerprint density at radius 3 is 2.79 bits per heavy atom. The van der Waals surface area contributed by atoms with Gasteiger partial charge in [0.15, 0.2) is 0 Å². The number of fused-ring (bicyclic) bond motifs is 1. The largest absolute Gasteiger partial charge is 0.481 e. The summed E-state index contributed by atoms with van der Waals surface area (Å²) in [4.78, 5) is 43.5. The molecule has 0 bridgehead atoms. The van der Waals surface area contributed by atoms with Gasteiger partial charge in [-0.25, -0.2) is 4.98 Å². The SMILES string of the molecule is Cc1sc2nc(CSC(C)C(=O)NCCC(=O)O)[nH]c(=O)c2c1C. The number of nitrogens with one attached hydrogen (secondary N) is 2. The maximum absolute atomic E-state index is 12.2. The van der Waals surface area contributed by atoms with E-state index in [0.717, 1.165) is 10.4 Å². The zero-order chi connectivity index (χ0) is 17.9. The van der Waals surface area contributed by atoms with E-state index in [-0.39, 0.29) is 29.7 Å². The van der Waals surface area contributed by atoms with Gasteiger partial charge in [0.1, 0.15) is 10.7 Å². The number of carboxylic acid groups (broad SMARTS) is 1. The van der Waals surface area contributed by atoms with E-state index in [0.29, 0.717) is 21.8 Å². The summed E-state index contributed by atoms with van der Waals surface area (Å²) >= 11 is 2.82. The number of aryl methyl sites for hydroxylation is 2. The standard InChI is InChI=1S/C15H19N3O4S2/c1-7-8(2)24-15-12(7)14(22)17-10(18-15)6-23-9(3)13(21)16-5-4-11(19)20/h9H,4-6H2,1-3H3,(H,16,21)(H,19,20)(H,17,18,22). The molecular weight excluding hydrogens is 350 g/mol. The number of carbonyl (C=O) groups excluding carboxylic acids is 1. The molecule has 0 aromatic carbocycles. The van der Waals surface area contributed by atoms with Gasteiger partial charge in [-0.1, -0.05) is 0 Å². The van der Waals surface area contributed by atoms with Crippen LogP contribution in [0.25, 0.3) is 10.2 Å². The average Bonchev–Trinajstić information content (AvgIpc) is 2.79. The molecule has 0 aliphatic carbocycles. The van der Waals surface area contributed by atoms with Crippen LogP contribution >= 0.6 is 23.1 Å². The van der Waals surface area contributed by atoms with Crippen molar-refractivity contribution >= 4 is 45.2 Å². The van der Waals surface area contributed by atoms with Crippen LogP contribution in [-0.4, -0.2) is 38.7 Å². The Morgan fingerprint density at radius 1 is 1.42 bits per heavy atom. The number of hydrogen-bond donors (Lipinski definition) is 3. The number of thioether (sulfide) groups is 1. The summed E-state index contributed by atoms with van der Waals surface area (Å²) in [5.41, 5.74) is 0.796. The molecular formula is C15H19N3O4S2. The van der Waals surface area contributed by atoms with E-state index in [2.05, 4.69) is 15.3 Å². The number of thiophene rings is 1. The van der Waals surface area contributed by atoms with Gasteiger partial charge in [-0.2, -0.15) is 0 Å². The first-order chi connectivity index (χ1) is 11.3. The summed E-state index contributed by atoms with van der Waals surface area (Å²) < 4.78 is 0. The van der Waals surface area contributed by atoms with E-state index < -0.39 is 5.97 Å². The zero-order valence-electron chi connectivity index (χ0n) is 13.6. The summed E-state index contributed by atoms with van der Waals surface area (Å²) in [6.45, 7) is 5.70. The number of rotatable bonds is 7. The van der Waals surface area contributed by atoms with Crippen LogP contribution in [0.1, 0.15) is 29.6 Å². The topological polar surface area (TPSA) is 112 Å². The Morgan fingerprint density at radius 2 is 2.12 bits per heavy atom. The van der Waals surface area contributed by atoms with Crippen molar-refractivity contribution in [3.8, 4) is 0 Å². The van der Waals surface area contributed by atoms with Crippen LogP contribution in [-0.2, 0) is 15.3 Å². The van der Waals surface area contributed by atoms with Crippen LogP contribution in [0.3, 0.4) is 0 Å². The highest BCUT2D eigenvalue weighted by atomic mass is 32.2. The summed E-state index contributed by atoms with van der Waals surface area (Å²) in [5.74, 6) is -0.252. The quantitative estimate of drug-likeness (QED) is 0.686. The molecule has 24 heavy (non-hydrogen) atoms. The van der Waals surface area contributed by atoms with Gasteiger partial charge in [-0.05, 0) is 26.3 Å². The first-order valence-electron chi connectivity index (χ1n) is 7.39. The predicted molar refractivity (Wildman–Crippen MR) is 95.7 cm³/mol. The zero-order valence-corrected chi connectivity index (χ0v) is 15.3. The van der Waals surface area contributed by atoms with E-state index in [4.69, 9.17) is 5.11 Å². The second-order valence-corrected chi connectivity index (χ2v) is 7.90. The number of aromatic nitrogens is 2. The maximum atomic E-state index is 12.2. The van der Waals surface area contributed by atoms with Gasteiger partial charge in [0.2, 0.25) is 5.91 Å². The molecule has 0 fully saturated rings. The van der Waals surface area contributed by atoms with E-state index in [1.807, 2.05) is 13.8 Å². The molecule has 1 amide bonds. The lowest BCUT2D eigenvalue weighted by Gasteiger charge is -2.11. The fraction of sp³-hybridized carbons (Fsp3) is 0.467. The monoisotopic (exact) mass is 369 g/mol. The van der Waals surface area contributed by atoms with Crippen LogP contribution in [0.4, 0.5) is 0 Å². The Hall–Kier alpha value is -1.87. The molecule has 3 N–H and O–H groups in total. The first-order valence-corrected chi connectivity index (χ1v) is 9.26. The van der Waals surface area contributed by atoms with E-state index in [9.17, 15) is 14.4 Å². The minimum atomic E-state index is -0.952. The summed E-state index contributed by atoms with van der Waals surface area (Å²) in [6, 6.07) is 0. The summed E-state index contributed by atoms with van der Waals surface area (Å²) in [6.07, 6.45) is -0.105. The number of H-pyrrole nitrogens is 1. The molecule has 0 spiro atoms. The number of hydrogen-bond acceptors (Lipinski definition) is 6. The molecule has 1 atom stereocenters.